The van der Waals surface area contributed by atoms with Crippen molar-refractivity contribution in [3.05, 3.63) is 12.7 Å². The topological polar surface area (TPSA) is 38.3 Å². The summed E-state index contributed by atoms with van der Waals surface area (Å²) in [5.41, 5.74) is 0. The highest BCUT2D eigenvalue weighted by atomic mass is 16.5. The van der Waals surface area contributed by atoms with Crippen molar-refractivity contribution in [2.75, 3.05) is 13.2 Å². The Morgan fingerprint density at radius 1 is 1.80 bits per heavy atom. The van der Waals surface area contributed by atoms with Crippen LogP contribution in [0.3, 0.4) is 0 Å². The van der Waals surface area contributed by atoms with Crippen LogP contribution in [0.4, 0.5) is 4.79 Å². The molecule has 0 aromatic heterocycles. The Hall–Kier alpha value is -0.990. The summed E-state index contributed by atoms with van der Waals surface area (Å²) in [5.74, 6) is 0. The summed E-state index contributed by atoms with van der Waals surface area (Å²) in [7, 11) is 0. The van der Waals surface area contributed by atoms with Gasteiger partial charge in [0.1, 0.15) is 0 Å². The zero-order valence-corrected chi connectivity index (χ0v) is 6.22. The molecule has 0 saturated carbocycles. The maximum Gasteiger partial charge on any atom is 0.407 e. The molecule has 0 radical (unpaired) electrons. The van der Waals surface area contributed by atoms with E-state index in [4.69, 9.17) is 0 Å². The van der Waals surface area contributed by atoms with Gasteiger partial charge < -0.3 is 10.1 Å². The highest BCUT2D eigenvalue weighted by Gasteiger charge is 1.95. The summed E-state index contributed by atoms with van der Waals surface area (Å²) in [6.07, 6.45) is 2.16. The zero-order chi connectivity index (χ0) is 7.82. The molecule has 0 unspecified atom stereocenters. The zero-order valence-electron chi connectivity index (χ0n) is 6.22. The molecule has 3 nitrogen and oxygen atoms in total. The van der Waals surface area contributed by atoms with Gasteiger partial charge in [-0.25, -0.2) is 4.79 Å². The van der Waals surface area contributed by atoms with E-state index in [1.807, 2.05) is 0 Å². The van der Waals surface area contributed by atoms with Gasteiger partial charge in [0.2, 0.25) is 0 Å². The van der Waals surface area contributed by atoms with E-state index in [-0.39, 0.29) is 6.09 Å². The maximum absolute atomic E-state index is 10.6. The Morgan fingerprint density at radius 2 is 2.50 bits per heavy atom. The van der Waals surface area contributed by atoms with Crippen molar-refractivity contribution in [3.8, 4) is 0 Å². The number of carbonyl (C=O) groups is 1. The van der Waals surface area contributed by atoms with Gasteiger partial charge in [0.15, 0.2) is 0 Å². The van der Waals surface area contributed by atoms with Gasteiger partial charge in [0.25, 0.3) is 0 Å². The van der Waals surface area contributed by atoms with Gasteiger partial charge >= 0.3 is 6.09 Å². The SMILES string of the molecule is C=CCCNC(=O)OCC. The van der Waals surface area contributed by atoms with Crippen molar-refractivity contribution in [2.24, 2.45) is 0 Å². The van der Waals surface area contributed by atoms with Crippen LogP contribution < -0.4 is 5.32 Å². The first kappa shape index (κ1) is 9.01. The Morgan fingerprint density at radius 3 is 3.00 bits per heavy atom. The van der Waals surface area contributed by atoms with Gasteiger partial charge in [-0.1, -0.05) is 6.08 Å². The van der Waals surface area contributed by atoms with Crippen LogP contribution >= 0.6 is 0 Å². The molecule has 10 heavy (non-hydrogen) atoms. The molecule has 0 aliphatic rings. The quantitative estimate of drug-likeness (QED) is 0.476. The van der Waals surface area contributed by atoms with Crippen LogP contribution in [0.2, 0.25) is 0 Å². The number of hydrogen-bond donors (Lipinski definition) is 1. The molecular formula is C7H13NO2. The number of ether oxygens (including phenoxy) is 1. The van der Waals surface area contributed by atoms with Gasteiger partial charge in [0, 0.05) is 6.54 Å². The second-order valence-electron chi connectivity index (χ2n) is 1.72. The minimum absolute atomic E-state index is 0.357. The van der Waals surface area contributed by atoms with Crippen LogP contribution in [-0.2, 0) is 4.74 Å². The van der Waals surface area contributed by atoms with E-state index in [2.05, 4.69) is 16.6 Å². The van der Waals surface area contributed by atoms with E-state index >= 15 is 0 Å². The van der Waals surface area contributed by atoms with Crippen LogP contribution in [-0.4, -0.2) is 19.2 Å². The van der Waals surface area contributed by atoms with Crippen LogP contribution in [0.5, 0.6) is 0 Å². The number of nitrogens with one attached hydrogen (secondary N) is 1. The molecule has 0 fully saturated rings. The number of carbonyl (C=O) groups excluding carboxylic acids is 1. The Balaban J connectivity index is 3.13. The lowest BCUT2D eigenvalue weighted by molar-refractivity contribution is 0.152. The lowest BCUT2D eigenvalue weighted by Crippen LogP contribution is -2.24. The van der Waals surface area contributed by atoms with Gasteiger partial charge in [-0.05, 0) is 13.3 Å². The first-order chi connectivity index (χ1) is 4.81. The van der Waals surface area contributed by atoms with Crippen molar-refractivity contribution < 1.29 is 9.53 Å². The smallest absolute Gasteiger partial charge is 0.407 e. The molecule has 0 saturated heterocycles. The summed E-state index contributed by atoms with van der Waals surface area (Å²) in [5, 5.41) is 2.55. The molecule has 0 aliphatic carbocycles. The second kappa shape index (κ2) is 6.13. The Labute approximate surface area is 61.1 Å². The summed E-state index contributed by atoms with van der Waals surface area (Å²) >= 11 is 0. The third-order valence-corrected chi connectivity index (χ3v) is 0.893. The highest BCUT2D eigenvalue weighted by Crippen LogP contribution is 1.78. The maximum atomic E-state index is 10.6. The second-order valence-corrected chi connectivity index (χ2v) is 1.72. The van der Waals surface area contributed by atoms with E-state index in [9.17, 15) is 4.79 Å². The third-order valence-electron chi connectivity index (χ3n) is 0.893. The van der Waals surface area contributed by atoms with E-state index in [1.54, 1.807) is 13.0 Å². The minimum atomic E-state index is -0.357. The molecule has 58 valence electrons. The number of amides is 1. The molecule has 0 heterocycles. The first-order valence-corrected chi connectivity index (χ1v) is 3.32. The van der Waals surface area contributed by atoms with Crippen LogP contribution in [0, 0.1) is 0 Å². The summed E-state index contributed by atoms with van der Waals surface area (Å²) < 4.78 is 4.60. The van der Waals surface area contributed by atoms with Crippen LogP contribution in [0.25, 0.3) is 0 Å². The summed E-state index contributed by atoms with van der Waals surface area (Å²) in [6, 6.07) is 0. The molecule has 0 spiro atoms. The fraction of sp³-hybridized carbons (Fsp3) is 0.571. The standard InChI is InChI=1S/C7H13NO2/c1-3-5-6-8-7(9)10-4-2/h3H,1,4-6H2,2H3,(H,8,9). The lowest BCUT2D eigenvalue weighted by atomic mass is 10.4. The molecule has 1 N–H and O–H groups in total. The average Bonchev–Trinajstić information content (AvgIpc) is 1.89. The predicted molar refractivity (Wildman–Crippen MR) is 39.8 cm³/mol. The Kier molecular flexibility index (Phi) is 5.53. The molecule has 0 aliphatic heterocycles. The van der Waals surface area contributed by atoms with Crippen molar-refractivity contribution in [1.82, 2.24) is 5.32 Å². The van der Waals surface area contributed by atoms with Crippen LogP contribution in [0.1, 0.15) is 13.3 Å². The molecule has 0 atom stereocenters. The van der Waals surface area contributed by atoms with Gasteiger partial charge in [-0.3, -0.25) is 0 Å². The monoisotopic (exact) mass is 143 g/mol. The fourth-order valence-electron chi connectivity index (χ4n) is 0.458. The number of hydrogen-bond acceptors (Lipinski definition) is 2. The van der Waals surface area contributed by atoms with Crippen molar-refractivity contribution in [3.63, 3.8) is 0 Å². The van der Waals surface area contributed by atoms with Gasteiger partial charge in [-0.15, -0.1) is 6.58 Å². The van der Waals surface area contributed by atoms with Crippen molar-refractivity contribution in [1.29, 1.82) is 0 Å². The van der Waals surface area contributed by atoms with Gasteiger partial charge in [-0.2, -0.15) is 0 Å². The lowest BCUT2D eigenvalue weighted by Gasteiger charge is -2.01. The normalized spacial score (nSPS) is 8.50. The predicted octanol–water partition coefficient (Wildman–Crippen LogP) is 1.31. The van der Waals surface area contributed by atoms with E-state index in [1.165, 1.54) is 0 Å². The van der Waals surface area contributed by atoms with Crippen LogP contribution in [0.15, 0.2) is 12.7 Å². The Bertz CT molecular complexity index is 112. The van der Waals surface area contributed by atoms with E-state index < -0.39 is 0 Å². The molecule has 0 aromatic rings. The molecule has 1 amide bonds. The van der Waals surface area contributed by atoms with Gasteiger partial charge in [0.05, 0.1) is 6.61 Å². The fourth-order valence-corrected chi connectivity index (χ4v) is 0.458. The summed E-state index contributed by atoms with van der Waals surface area (Å²) in [4.78, 5) is 10.6. The highest BCUT2D eigenvalue weighted by molar-refractivity contribution is 5.66. The first-order valence-electron chi connectivity index (χ1n) is 3.32. The molecular weight excluding hydrogens is 130 g/mol. The van der Waals surface area contributed by atoms with E-state index in [0.29, 0.717) is 13.2 Å². The van der Waals surface area contributed by atoms with Crippen molar-refractivity contribution in [2.45, 2.75) is 13.3 Å². The molecule has 0 rings (SSSR count). The number of alkyl carbamates (subject to hydrolysis) is 1. The molecule has 0 aromatic carbocycles. The van der Waals surface area contributed by atoms with E-state index in [0.717, 1.165) is 6.42 Å². The largest absolute Gasteiger partial charge is 0.450 e. The average molecular weight is 143 g/mol. The third kappa shape index (κ3) is 5.15. The molecule has 0 bridgehead atoms. The van der Waals surface area contributed by atoms with Crippen molar-refractivity contribution >= 4 is 6.09 Å². The molecule has 3 heteroatoms. The number of rotatable bonds is 4. The summed E-state index contributed by atoms with van der Waals surface area (Å²) in [6.45, 7) is 6.30. The minimum Gasteiger partial charge on any atom is -0.450 e.